The number of hydrogen-bond donors (Lipinski definition) is 1. The van der Waals surface area contributed by atoms with Gasteiger partial charge in [-0.1, -0.05) is 11.6 Å². The molecule has 0 unspecified atom stereocenters. The molecule has 23 heavy (non-hydrogen) atoms. The van der Waals surface area contributed by atoms with Crippen LogP contribution in [0.25, 0.3) is 11.0 Å². The van der Waals surface area contributed by atoms with Crippen molar-refractivity contribution in [1.82, 2.24) is 19.4 Å². The van der Waals surface area contributed by atoms with Gasteiger partial charge in [-0.25, -0.2) is 4.79 Å². The Morgan fingerprint density at radius 1 is 1.35 bits per heavy atom. The molecule has 3 rings (SSSR count). The van der Waals surface area contributed by atoms with Crippen molar-refractivity contribution in [2.75, 3.05) is 33.7 Å². The number of likely N-dealkylation sites (tertiary alicyclic amines) is 1. The highest BCUT2D eigenvalue weighted by Crippen LogP contribution is 2.26. The van der Waals surface area contributed by atoms with Crippen LogP contribution in [0.15, 0.2) is 23.0 Å². The molecule has 2 heterocycles. The summed E-state index contributed by atoms with van der Waals surface area (Å²) in [5.74, 6) is 0.145. The van der Waals surface area contributed by atoms with Crippen LogP contribution in [-0.2, 0) is 4.79 Å². The fourth-order valence-corrected chi connectivity index (χ4v) is 3.38. The summed E-state index contributed by atoms with van der Waals surface area (Å²) in [6.07, 6.45) is 1.57. The largest absolute Gasteiger partial charge is 0.341 e. The zero-order chi connectivity index (χ0) is 16.6. The lowest BCUT2D eigenvalue weighted by atomic mass is 10.0. The number of nitrogens with one attached hydrogen (secondary N) is 1. The molecule has 0 bridgehead atoms. The zero-order valence-corrected chi connectivity index (χ0v) is 14.1. The lowest BCUT2D eigenvalue weighted by molar-refractivity contribution is -0.133. The molecule has 0 aliphatic carbocycles. The third-order valence-corrected chi connectivity index (χ3v) is 4.55. The number of amides is 1. The number of aromatic amines is 1. The zero-order valence-electron chi connectivity index (χ0n) is 13.4. The topological polar surface area (TPSA) is 61.3 Å². The van der Waals surface area contributed by atoms with Gasteiger partial charge in [0.05, 0.1) is 17.6 Å². The van der Waals surface area contributed by atoms with Gasteiger partial charge in [0.1, 0.15) is 0 Å². The molecule has 2 aromatic rings. The third kappa shape index (κ3) is 3.28. The SMILES string of the molecule is CN(C)CC(=O)N1CCC(n2c(=O)[nH]c3cc(Cl)ccc32)CC1. The molecule has 0 saturated carbocycles. The summed E-state index contributed by atoms with van der Waals surface area (Å²) in [5, 5.41) is 0.606. The van der Waals surface area contributed by atoms with Crippen molar-refractivity contribution in [2.24, 2.45) is 0 Å². The van der Waals surface area contributed by atoms with Gasteiger partial charge in [0.15, 0.2) is 0 Å². The highest BCUT2D eigenvalue weighted by atomic mass is 35.5. The van der Waals surface area contributed by atoms with E-state index in [-0.39, 0.29) is 17.6 Å². The molecule has 124 valence electrons. The normalized spacial score (nSPS) is 16.4. The molecule has 0 atom stereocenters. The Hall–Kier alpha value is -1.79. The van der Waals surface area contributed by atoms with Crippen LogP contribution < -0.4 is 5.69 Å². The van der Waals surface area contributed by atoms with Crippen molar-refractivity contribution in [2.45, 2.75) is 18.9 Å². The lowest BCUT2D eigenvalue weighted by Gasteiger charge is -2.33. The number of H-pyrrole nitrogens is 1. The summed E-state index contributed by atoms with van der Waals surface area (Å²) in [7, 11) is 3.78. The predicted octanol–water partition coefficient (Wildman–Crippen LogP) is 1.71. The monoisotopic (exact) mass is 336 g/mol. The first-order valence-electron chi connectivity index (χ1n) is 7.78. The van der Waals surface area contributed by atoms with E-state index < -0.39 is 0 Å². The van der Waals surface area contributed by atoms with Gasteiger partial charge in [-0.3, -0.25) is 9.36 Å². The standard InChI is InChI=1S/C16H21ClN4O2/c1-19(2)10-15(22)20-7-5-12(6-8-20)21-14-4-3-11(17)9-13(14)18-16(21)23/h3-4,9,12H,5-8,10H2,1-2H3,(H,18,23). The van der Waals surface area contributed by atoms with Gasteiger partial charge in [-0.15, -0.1) is 0 Å². The Balaban J connectivity index is 1.77. The van der Waals surface area contributed by atoms with E-state index in [4.69, 9.17) is 11.6 Å². The number of likely N-dealkylation sites (N-methyl/N-ethyl adjacent to an activating group) is 1. The van der Waals surface area contributed by atoms with E-state index in [1.54, 1.807) is 16.7 Å². The average Bonchev–Trinajstić information content (AvgIpc) is 2.81. The maximum atomic E-state index is 12.3. The molecule has 1 aliphatic rings. The summed E-state index contributed by atoms with van der Waals surface area (Å²) in [5.41, 5.74) is 1.52. The number of benzene rings is 1. The van der Waals surface area contributed by atoms with E-state index in [1.807, 2.05) is 30.0 Å². The first-order valence-corrected chi connectivity index (χ1v) is 8.16. The lowest BCUT2D eigenvalue weighted by Crippen LogP contribution is -2.43. The van der Waals surface area contributed by atoms with Gasteiger partial charge >= 0.3 is 5.69 Å². The summed E-state index contributed by atoms with van der Waals surface area (Å²) in [6.45, 7) is 1.80. The number of imidazole rings is 1. The van der Waals surface area contributed by atoms with Gasteiger partial charge in [-0.05, 0) is 45.1 Å². The van der Waals surface area contributed by atoms with Crippen LogP contribution in [-0.4, -0.2) is 59.0 Å². The number of aromatic nitrogens is 2. The number of carbonyl (C=O) groups is 1. The fourth-order valence-electron chi connectivity index (χ4n) is 3.21. The van der Waals surface area contributed by atoms with Gasteiger partial charge in [0, 0.05) is 24.2 Å². The molecule has 1 amide bonds. The second kappa shape index (κ2) is 6.37. The van der Waals surface area contributed by atoms with Gasteiger partial charge in [-0.2, -0.15) is 0 Å². The molecule has 0 radical (unpaired) electrons. The van der Waals surface area contributed by atoms with Crippen LogP contribution in [0.1, 0.15) is 18.9 Å². The maximum Gasteiger partial charge on any atom is 0.326 e. The number of piperidine rings is 1. The molecule has 0 spiro atoms. The molecule has 1 fully saturated rings. The second-order valence-corrected chi connectivity index (χ2v) is 6.75. The Morgan fingerprint density at radius 3 is 2.70 bits per heavy atom. The van der Waals surface area contributed by atoms with Crippen molar-refractivity contribution >= 4 is 28.5 Å². The van der Waals surface area contributed by atoms with E-state index in [1.165, 1.54) is 0 Å². The Bertz CT molecular complexity index is 772. The summed E-state index contributed by atoms with van der Waals surface area (Å²) < 4.78 is 1.80. The van der Waals surface area contributed by atoms with Crippen LogP contribution in [0.5, 0.6) is 0 Å². The number of carbonyl (C=O) groups excluding carboxylic acids is 1. The minimum absolute atomic E-state index is 0.111. The van der Waals surface area contributed by atoms with Gasteiger partial charge in [0.25, 0.3) is 0 Å². The van der Waals surface area contributed by atoms with Crippen molar-refractivity contribution in [3.05, 3.63) is 33.7 Å². The smallest absolute Gasteiger partial charge is 0.326 e. The molecule has 7 heteroatoms. The molecule has 1 saturated heterocycles. The molecule has 1 aromatic carbocycles. The van der Waals surface area contributed by atoms with Crippen molar-refractivity contribution < 1.29 is 4.79 Å². The van der Waals surface area contributed by atoms with Crippen LogP contribution >= 0.6 is 11.6 Å². The molecule has 1 aromatic heterocycles. The van der Waals surface area contributed by atoms with Crippen LogP contribution in [0.2, 0.25) is 5.02 Å². The first-order chi connectivity index (χ1) is 11.0. The minimum atomic E-state index is -0.111. The van der Waals surface area contributed by atoms with E-state index in [9.17, 15) is 9.59 Å². The van der Waals surface area contributed by atoms with Crippen LogP contribution in [0, 0.1) is 0 Å². The molecular formula is C16H21ClN4O2. The highest BCUT2D eigenvalue weighted by Gasteiger charge is 2.26. The first kappa shape index (κ1) is 16.1. The Kier molecular flexibility index (Phi) is 4.46. The van der Waals surface area contributed by atoms with Gasteiger partial charge in [0.2, 0.25) is 5.91 Å². The number of fused-ring (bicyclic) bond motifs is 1. The van der Waals surface area contributed by atoms with Crippen LogP contribution in [0.3, 0.4) is 0 Å². The van der Waals surface area contributed by atoms with E-state index in [0.717, 1.165) is 23.9 Å². The Morgan fingerprint density at radius 2 is 2.04 bits per heavy atom. The van der Waals surface area contributed by atoms with E-state index >= 15 is 0 Å². The Labute approximate surface area is 139 Å². The summed E-state index contributed by atoms with van der Waals surface area (Å²) in [6, 6.07) is 5.55. The van der Waals surface area contributed by atoms with E-state index in [0.29, 0.717) is 24.7 Å². The minimum Gasteiger partial charge on any atom is -0.341 e. The van der Waals surface area contributed by atoms with Gasteiger partial charge < -0.3 is 14.8 Å². The molecule has 6 nitrogen and oxygen atoms in total. The molecular weight excluding hydrogens is 316 g/mol. The summed E-state index contributed by atoms with van der Waals surface area (Å²) in [4.78, 5) is 31.0. The highest BCUT2D eigenvalue weighted by molar-refractivity contribution is 6.31. The third-order valence-electron chi connectivity index (χ3n) is 4.31. The summed E-state index contributed by atoms with van der Waals surface area (Å²) >= 11 is 5.98. The number of rotatable bonds is 3. The second-order valence-electron chi connectivity index (χ2n) is 6.31. The average molecular weight is 337 g/mol. The van der Waals surface area contributed by atoms with Crippen molar-refractivity contribution in [3.8, 4) is 0 Å². The van der Waals surface area contributed by atoms with Crippen LogP contribution in [0.4, 0.5) is 0 Å². The fraction of sp³-hybridized carbons (Fsp3) is 0.500. The number of halogens is 1. The van der Waals surface area contributed by atoms with E-state index in [2.05, 4.69) is 4.98 Å². The quantitative estimate of drug-likeness (QED) is 0.928. The molecule has 1 aliphatic heterocycles. The number of nitrogens with zero attached hydrogens (tertiary/aromatic N) is 3. The predicted molar refractivity (Wildman–Crippen MR) is 91.0 cm³/mol. The maximum absolute atomic E-state index is 12.3. The van der Waals surface area contributed by atoms with Crippen molar-refractivity contribution in [3.63, 3.8) is 0 Å². The number of hydrogen-bond acceptors (Lipinski definition) is 3. The van der Waals surface area contributed by atoms with Crippen molar-refractivity contribution in [1.29, 1.82) is 0 Å². The molecule has 1 N–H and O–H groups in total.